The van der Waals surface area contributed by atoms with E-state index in [1.165, 1.54) is 4.90 Å². The molecule has 0 radical (unpaired) electrons. The van der Waals surface area contributed by atoms with Crippen molar-refractivity contribution in [2.24, 2.45) is 11.8 Å². The van der Waals surface area contributed by atoms with Gasteiger partial charge in [-0.2, -0.15) is 0 Å². The predicted octanol–water partition coefficient (Wildman–Crippen LogP) is 0.183. The van der Waals surface area contributed by atoms with Crippen LogP contribution in [-0.4, -0.2) is 153 Å². The third-order valence-corrected chi connectivity index (χ3v) is 7.06. The van der Waals surface area contributed by atoms with Crippen LogP contribution in [-0.2, 0) is 52.3 Å². The van der Waals surface area contributed by atoms with E-state index in [2.05, 4.69) is 5.32 Å². The summed E-state index contributed by atoms with van der Waals surface area (Å²) in [6, 6.07) is 0. The lowest BCUT2D eigenvalue weighted by Gasteiger charge is -2.30. The Labute approximate surface area is 262 Å². The minimum Gasteiger partial charge on any atom is -0.394 e. The number of nitrogens with one attached hydrogen (secondary N) is 1. The second-order valence-corrected chi connectivity index (χ2v) is 10.4. The maximum atomic E-state index is 12.5. The molecule has 2 fully saturated rings. The Balaban J connectivity index is 1.25. The van der Waals surface area contributed by atoms with Crippen molar-refractivity contribution < 1.29 is 58.8 Å². The largest absolute Gasteiger partial charge is 0.394 e. The number of ether oxygens (including phenoxy) is 8. The monoisotopic (exact) mass is 636 g/mol. The average Bonchev–Trinajstić information content (AvgIpc) is 3.28. The molecule has 1 aliphatic carbocycles. The predicted molar refractivity (Wildman–Crippen MR) is 158 cm³/mol. The summed E-state index contributed by atoms with van der Waals surface area (Å²) in [5.74, 6) is -0.492. The molecule has 2 aliphatic rings. The highest BCUT2D eigenvalue weighted by molar-refractivity contribution is 6.01. The molecule has 0 aromatic rings. The van der Waals surface area contributed by atoms with Crippen LogP contribution in [0.4, 0.5) is 0 Å². The fraction of sp³-hybridized carbons (Fsp3) is 0.900. The molecule has 1 saturated carbocycles. The summed E-state index contributed by atoms with van der Waals surface area (Å²) in [6.45, 7) is 8.14. The summed E-state index contributed by atoms with van der Waals surface area (Å²) in [5.41, 5.74) is 0. The van der Waals surface area contributed by atoms with E-state index in [9.17, 15) is 14.4 Å². The van der Waals surface area contributed by atoms with E-state index in [1.807, 2.05) is 0 Å². The number of aliphatic hydroxyl groups is 1. The van der Waals surface area contributed by atoms with Crippen molar-refractivity contribution in [3.63, 3.8) is 0 Å². The molecule has 1 unspecified atom stereocenters. The van der Waals surface area contributed by atoms with Crippen LogP contribution < -0.4 is 5.32 Å². The third-order valence-electron chi connectivity index (χ3n) is 7.06. The van der Waals surface area contributed by atoms with Gasteiger partial charge in [-0.25, -0.2) is 0 Å². The van der Waals surface area contributed by atoms with Gasteiger partial charge in [0.05, 0.1) is 112 Å². The van der Waals surface area contributed by atoms with Crippen LogP contribution in [0.5, 0.6) is 0 Å². The second kappa shape index (κ2) is 26.5. The quantitative estimate of drug-likeness (QED) is 0.0848. The number of imide groups is 1. The van der Waals surface area contributed by atoms with Gasteiger partial charge in [0.15, 0.2) is 0 Å². The van der Waals surface area contributed by atoms with Gasteiger partial charge in [0.1, 0.15) is 0 Å². The van der Waals surface area contributed by atoms with Crippen LogP contribution in [0.15, 0.2) is 0 Å². The SMILES string of the molecule is [3H]C1CC(=O)N(CC2CCC(C(=O)NCCOCCOCCOCCOCCOCCOCCOCCOCCO)CC2)C1=O. The van der Waals surface area contributed by atoms with Crippen molar-refractivity contribution in [3.05, 3.63) is 0 Å². The zero-order chi connectivity index (χ0) is 32.4. The highest BCUT2D eigenvalue weighted by Crippen LogP contribution is 2.30. The number of rotatable bonds is 29. The van der Waals surface area contributed by atoms with Gasteiger partial charge in [-0.05, 0) is 31.6 Å². The summed E-state index contributed by atoms with van der Waals surface area (Å²) in [7, 11) is 0. The van der Waals surface area contributed by atoms with Crippen LogP contribution in [0, 0.1) is 11.8 Å². The van der Waals surface area contributed by atoms with Gasteiger partial charge < -0.3 is 48.3 Å². The molecule has 14 nitrogen and oxygen atoms in total. The Morgan fingerprint density at radius 3 is 1.45 bits per heavy atom. The van der Waals surface area contributed by atoms with Gasteiger partial charge in [-0.15, -0.1) is 0 Å². The maximum Gasteiger partial charge on any atom is 0.229 e. The summed E-state index contributed by atoms with van der Waals surface area (Å²) in [6.07, 6.45) is 2.06. The normalized spacial score (nSPS) is 20.8. The molecule has 1 atom stereocenters. The van der Waals surface area contributed by atoms with E-state index >= 15 is 0 Å². The number of aliphatic hydroxyl groups excluding tert-OH is 1. The lowest BCUT2D eigenvalue weighted by molar-refractivity contribution is -0.139. The summed E-state index contributed by atoms with van der Waals surface area (Å²) in [5, 5.41) is 11.5. The second-order valence-electron chi connectivity index (χ2n) is 10.4. The molecule has 1 heterocycles. The zero-order valence-corrected chi connectivity index (χ0v) is 26.1. The Morgan fingerprint density at radius 1 is 0.659 bits per heavy atom. The molecular formula is C30H54N2O12. The van der Waals surface area contributed by atoms with Gasteiger partial charge in [0.25, 0.3) is 0 Å². The highest BCUT2D eigenvalue weighted by Gasteiger charge is 2.33. The molecular weight excluding hydrogens is 580 g/mol. The first-order valence-electron chi connectivity index (χ1n) is 16.4. The molecule has 2 rings (SSSR count). The fourth-order valence-corrected chi connectivity index (χ4v) is 4.67. The van der Waals surface area contributed by atoms with Gasteiger partial charge in [-0.3, -0.25) is 19.3 Å². The van der Waals surface area contributed by atoms with Crippen LogP contribution in [0.3, 0.4) is 0 Å². The molecule has 1 aliphatic heterocycles. The van der Waals surface area contributed by atoms with Gasteiger partial charge in [0, 0.05) is 33.2 Å². The Kier molecular flexibility index (Phi) is 22.1. The van der Waals surface area contributed by atoms with Gasteiger partial charge >= 0.3 is 0 Å². The first-order chi connectivity index (χ1) is 22.0. The lowest BCUT2D eigenvalue weighted by atomic mass is 9.81. The molecule has 44 heavy (non-hydrogen) atoms. The number of carbonyl (C=O) groups excluding carboxylic acids is 3. The minimum atomic E-state index is -0.956. The number of hydrogen-bond donors (Lipinski definition) is 2. The first kappa shape index (κ1) is 36.7. The Morgan fingerprint density at radius 2 is 1.07 bits per heavy atom. The van der Waals surface area contributed by atoms with Gasteiger partial charge in [0.2, 0.25) is 17.7 Å². The van der Waals surface area contributed by atoms with E-state index in [0.29, 0.717) is 119 Å². The Bertz CT molecular complexity index is 788. The van der Waals surface area contributed by atoms with Crippen molar-refractivity contribution in [1.82, 2.24) is 10.2 Å². The molecule has 2 N–H and O–H groups in total. The standard InChI is InChI=1S/C30H54N2O12/c33-8-10-38-12-14-40-16-18-42-20-22-44-24-23-43-21-19-41-17-15-39-13-11-37-9-7-31-30(36)27-3-1-26(2-4-27)25-32-28(34)5-6-29(32)35/h26-27,33H,1-25H2,(H,31,36)/i5T. The maximum absolute atomic E-state index is 12.5. The van der Waals surface area contributed by atoms with Crippen molar-refractivity contribution in [2.45, 2.75) is 38.5 Å². The third kappa shape index (κ3) is 18.9. The summed E-state index contributed by atoms with van der Waals surface area (Å²) >= 11 is 0. The van der Waals surface area contributed by atoms with Crippen molar-refractivity contribution in [1.29, 1.82) is 0 Å². The van der Waals surface area contributed by atoms with E-state index in [4.69, 9.17) is 44.4 Å². The number of hydrogen-bond acceptors (Lipinski definition) is 12. The highest BCUT2D eigenvalue weighted by atomic mass is 16.6. The fourth-order valence-electron chi connectivity index (χ4n) is 4.67. The van der Waals surface area contributed by atoms with Gasteiger partial charge in [-0.1, -0.05) is 0 Å². The molecule has 0 bridgehead atoms. The minimum absolute atomic E-state index is 0.0162. The molecule has 14 heteroatoms. The van der Waals surface area contributed by atoms with Crippen LogP contribution >= 0.6 is 0 Å². The van der Waals surface area contributed by atoms with Crippen LogP contribution in [0.1, 0.15) is 39.9 Å². The summed E-state index contributed by atoms with van der Waals surface area (Å²) < 4.78 is 50.7. The van der Waals surface area contributed by atoms with Crippen molar-refractivity contribution >= 4 is 17.7 Å². The van der Waals surface area contributed by atoms with E-state index < -0.39 is 12.3 Å². The molecule has 256 valence electrons. The van der Waals surface area contributed by atoms with Crippen LogP contribution in [0.25, 0.3) is 0 Å². The molecule has 0 aromatic carbocycles. The topological polar surface area (TPSA) is 161 Å². The first-order valence-corrected chi connectivity index (χ1v) is 15.8. The smallest absolute Gasteiger partial charge is 0.229 e. The van der Waals surface area contributed by atoms with E-state index in [1.54, 1.807) is 0 Å². The number of nitrogens with zero attached hydrogens (tertiary/aromatic N) is 1. The molecule has 1 saturated heterocycles. The molecule has 0 spiro atoms. The lowest BCUT2D eigenvalue weighted by Crippen LogP contribution is -2.38. The van der Waals surface area contributed by atoms with Crippen molar-refractivity contribution in [3.8, 4) is 0 Å². The van der Waals surface area contributed by atoms with E-state index in [-0.39, 0.29) is 36.7 Å². The number of likely N-dealkylation sites (tertiary alicyclic amines) is 1. The molecule has 0 aromatic heterocycles. The number of carbonyl (C=O) groups is 3. The Hall–Kier alpha value is -1.75. The summed E-state index contributed by atoms with van der Waals surface area (Å²) in [4.78, 5) is 37.5. The number of amides is 3. The van der Waals surface area contributed by atoms with E-state index in [0.717, 1.165) is 25.7 Å². The molecule has 3 amide bonds. The average molecular weight is 637 g/mol. The zero-order valence-electron chi connectivity index (χ0n) is 27.1. The van der Waals surface area contributed by atoms with Crippen LogP contribution in [0.2, 0.25) is 0 Å². The van der Waals surface area contributed by atoms with Crippen molar-refractivity contribution in [2.75, 3.05) is 125 Å².